The molecule has 1 saturated heterocycles. The zero-order valence-electron chi connectivity index (χ0n) is 8.23. The number of aliphatic hydroxyl groups excluding tert-OH is 1. The molecule has 1 nitrogen and oxygen atoms in total. The van der Waals surface area contributed by atoms with E-state index in [1.165, 1.54) is 6.42 Å². The van der Waals surface area contributed by atoms with E-state index in [9.17, 15) is 5.11 Å². The molecular weight excluding hydrogens is 248 g/mol. The molecule has 15 heavy (non-hydrogen) atoms. The topological polar surface area (TPSA) is 20.2 Å². The Morgan fingerprint density at radius 1 is 1.27 bits per heavy atom. The molecule has 1 aromatic carbocycles. The van der Waals surface area contributed by atoms with Crippen molar-refractivity contribution >= 4 is 35.1 Å². The Morgan fingerprint density at radius 3 is 2.60 bits per heavy atom. The van der Waals surface area contributed by atoms with Crippen LogP contribution >= 0.6 is 35.1 Å². The van der Waals surface area contributed by atoms with Crippen molar-refractivity contribution in [3.8, 4) is 0 Å². The first-order chi connectivity index (χ1) is 7.29. The van der Waals surface area contributed by atoms with Crippen LogP contribution in [0.2, 0.25) is 5.02 Å². The minimum Gasteiger partial charge on any atom is -0.386 e. The minimum atomic E-state index is -0.450. The Kier molecular flexibility index (Phi) is 4.26. The quantitative estimate of drug-likeness (QED) is 0.878. The molecule has 1 aliphatic heterocycles. The van der Waals surface area contributed by atoms with Gasteiger partial charge < -0.3 is 5.11 Å². The van der Waals surface area contributed by atoms with Gasteiger partial charge in [-0.2, -0.15) is 0 Å². The molecule has 0 saturated carbocycles. The van der Waals surface area contributed by atoms with Crippen molar-refractivity contribution in [1.82, 2.24) is 0 Å². The van der Waals surface area contributed by atoms with Gasteiger partial charge in [0.1, 0.15) is 6.10 Å². The van der Waals surface area contributed by atoms with E-state index in [0.29, 0.717) is 5.02 Å². The van der Waals surface area contributed by atoms with E-state index in [2.05, 4.69) is 0 Å². The summed E-state index contributed by atoms with van der Waals surface area (Å²) in [5.74, 6) is 2.28. The number of thioether (sulfide) groups is 2. The highest BCUT2D eigenvalue weighted by Crippen LogP contribution is 2.40. The van der Waals surface area contributed by atoms with Gasteiger partial charge >= 0.3 is 0 Å². The minimum absolute atomic E-state index is 0.235. The van der Waals surface area contributed by atoms with Crippen LogP contribution in [-0.2, 0) is 0 Å². The average Bonchev–Trinajstić information content (AvgIpc) is 2.30. The summed E-state index contributed by atoms with van der Waals surface area (Å²) in [6.07, 6.45) is 0.787. The zero-order valence-corrected chi connectivity index (χ0v) is 10.6. The zero-order chi connectivity index (χ0) is 10.7. The standard InChI is InChI=1S/C11H13ClOS2/c12-9-5-2-1-4-8(9)10(13)11-14-6-3-7-15-11/h1-2,4-5,10-11,13H,3,6-7H2. The van der Waals surface area contributed by atoms with Gasteiger partial charge in [-0.25, -0.2) is 0 Å². The monoisotopic (exact) mass is 260 g/mol. The Morgan fingerprint density at radius 2 is 1.93 bits per heavy atom. The number of benzene rings is 1. The van der Waals surface area contributed by atoms with Crippen LogP contribution in [0.25, 0.3) is 0 Å². The van der Waals surface area contributed by atoms with Gasteiger partial charge in [0, 0.05) is 10.6 Å². The number of aliphatic hydroxyl groups is 1. The summed E-state index contributed by atoms with van der Waals surface area (Å²) in [7, 11) is 0. The molecule has 82 valence electrons. The first kappa shape index (κ1) is 11.6. The van der Waals surface area contributed by atoms with Crippen molar-refractivity contribution in [2.45, 2.75) is 17.1 Å². The van der Waals surface area contributed by atoms with Crippen LogP contribution in [0.1, 0.15) is 18.1 Å². The van der Waals surface area contributed by atoms with Crippen molar-refractivity contribution in [1.29, 1.82) is 0 Å². The van der Waals surface area contributed by atoms with Crippen LogP contribution in [-0.4, -0.2) is 21.2 Å². The fourth-order valence-corrected chi connectivity index (χ4v) is 4.69. The van der Waals surface area contributed by atoms with Gasteiger partial charge in [-0.15, -0.1) is 23.5 Å². The van der Waals surface area contributed by atoms with Gasteiger partial charge in [0.05, 0.1) is 4.58 Å². The Bertz CT molecular complexity index is 326. The maximum Gasteiger partial charge on any atom is 0.101 e. The molecule has 0 aliphatic carbocycles. The lowest BCUT2D eigenvalue weighted by atomic mass is 10.1. The molecule has 1 unspecified atom stereocenters. The van der Waals surface area contributed by atoms with Crippen LogP contribution < -0.4 is 0 Å². The average molecular weight is 261 g/mol. The molecule has 0 radical (unpaired) electrons. The molecule has 1 fully saturated rings. The van der Waals surface area contributed by atoms with E-state index < -0.39 is 6.10 Å². The van der Waals surface area contributed by atoms with Gasteiger partial charge in [0.25, 0.3) is 0 Å². The van der Waals surface area contributed by atoms with Gasteiger partial charge in [0.15, 0.2) is 0 Å². The van der Waals surface area contributed by atoms with Gasteiger partial charge in [-0.05, 0) is 24.0 Å². The summed E-state index contributed by atoms with van der Waals surface area (Å²) in [4.78, 5) is 0. The van der Waals surface area contributed by atoms with E-state index in [4.69, 9.17) is 11.6 Å². The molecule has 1 atom stereocenters. The van der Waals surface area contributed by atoms with E-state index in [0.717, 1.165) is 17.1 Å². The molecule has 1 aliphatic rings. The predicted molar refractivity (Wildman–Crippen MR) is 69.7 cm³/mol. The highest BCUT2D eigenvalue weighted by Gasteiger charge is 2.25. The lowest BCUT2D eigenvalue weighted by Crippen LogP contribution is -2.16. The highest BCUT2D eigenvalue weighted by molar-refractivity contribution is 8.17. The van der Waals surface area contributed by atoms with Crippen LogP contribution in [0.4, 0.5) is 0 Å². The summed E-state index contributed by atoms with van der Waals surface area (Å²) in [6.45, 7) is 0. The molecule has 1 aromatic rings. The predicted octanol–water partition coefficient (Wildman–Crippen LogP) is 3.57. The first-order valence-corrected chi connectivity index (χ1v) is 7.42. The second-order valence-electron chi connectivity index (χ2n) is 3.43. The van der Waals surface area contributed by atoms with E-state index in [1.807, 2.05) is 47.8 Å². The summed E-state index contributed by atoms with van der Waals surface area (Å²) in [5.41, 5.74) is 0.853. The summed E-state index contributed by atoms with van der Waals surface area (Å²) in [6, 6.07) is 7.54. The third-order valence-corrected chi connectivity index (χ3v) is 5.72. The lowest BCUT2D eigenvalue weighted by molar-refractivity contribution is 0.196. The molecule has 0 bridgehead atoms. The SMILES string of the molecule is OC(c1ccccc1Cl)C1SCCCS1. The largest absolute Gasteiger partial charge is 0.386 e. The van der Waals surface area contributed by atoms with E-state index in [1.54, 1.807) is 0 Å². The molecule has 4 heteroatoms. The Balaban J connectivity index is 2.12. The van der Waals surface area contributed by atoms with Crippen molar-refractivity contribution in [3.63, 3.8) is 0 Å². The molecule has 0 aromatic heterocycles. The van der Waals surface area contributed by atoms with Crippen molar-refractivity contribution in [3.05, 3.63) is 34.9 Å². The summed E-state index contributed by atoms with van der Waals surface area (Å²) in [5, 5.41) is 10.9. The number of hydrogen-bond donors (Lipinski definition) is 1. The summed E-state index contributed by atoms with van der Waals surface area (Å²) < 4.78 is 0.235. The molecular formula is C11H13ClOS2. The highest BCUT2D eigenvalue weighted by atomic mass is 35.5. The lowest BCUT2D eigenvalue weighted by Gasteiger charge is -2.26. The van der Waals surface area contributed by atoms with E-state index >= 15 is 0 Å². The maximum absolute atomic E-state index is 10.2. The van der Waals surface area contributed by atoms with E-state index in [-0.39, 0.29) is 4.58 Å². The van der Waals surface area contributed by atoms with Crippen molar-refractivity contribution in [2.75, 3.05) is 11.5 Å². The Labute approximate surface area is 104 Å². The van der Waals surface area contributed by atoms with Crippen LogP contribution in [0.5, 0.6) is 0 Å². The molecule has 0 amide bonds. The smallest absolute Gasteiger partial charge is 0.101 e. The number of halogens is 1. The number of rotatable bonds is 2. The van der Waals surface area contributed by atoms with Gasteiger partial charge in [-0.3, -0.25) is 0 Å². The fourth-order valence-electron chi connectivity index (χ4n) is 1.55. The molecule has 1 N–H and O–H groups in total. The molecule has 1 heterocycles. The van der Waals surface area contributed by atoms with Crippen LogP contribution in [0.15, 0.2) is 24.3 Å². The molecule has 2 rings (SSSR count). The number of hydrogen-bond acceptors (Lipinski definition) is 3. The third-order valence-electron chi connectivity index (χ3n) is 2.33. The third kappa shape index (κ3) is 2.84. The summed E-state index contributed by atoms with van der Waals surface area (Å²) >= 11 is 9.72. The fraction of sp³-hybridized carbons (Fsp3) is 0.455. The van der Waals surface area contributed by atoms with Gasteiger partial charge in [-0.1, -0.05) is 29.8 Å². The molecule has 0 spiro atoms. The van der Waals surface area contributed by atoms with Crippen LogP contribution in [0.3, 0.4) is 0 Å². The second-order valence-corrected chi connectivity index (χ2v) is 6.63. The normalized spacial score (nSPS) is 20.1. The Hall–Kier alpha value is 0.170. The first-order valence-electron chi connectivity index (χ1n) is 4.95. The van der Waals surface area contributed by atoms with Crippen molar-refractivity contribution < 1.29 is 5.11 Å². The van der Waals surface area contributed by atoms with Crippen molar-refractivity contribution in [2.24, 2.45) is 0 Å². The van der Waals surface area contributed by atoms with Crippen LogP contribution in [0, 0.1) is 0 Å². The van der Waals surface area contributed by atoms with Gasteiger partial charge in [0.2, 0.25) is 0 Å². The maximum atomic E-state index is 10.2. The second kappa shape index (κ2) is 5.48.